The number of Topliss-reactive ketones (excluding diaryl/α,β-unsaturated/α-hetero) is 1. The Labute approximate surface area is 188 Å². The number of benzene rings is 1. The van der Waals surface area contributed by atoms with Gasteiger partial charge in [-0.25, -0.2) is 4.98 Å². The molecule has 2 saturated carbocycles. The highest BCUT2D eigenvalue weighted by Gasteiger charge is 2.58. The topological polar surface area (TPSA) is 39.2 Å². The first kappa shape index (κ1) is 19.7. The Hall–Kier alpha value is -1.94. The number of ketones is 1. The number of aromatic nitrogens is 1. The van der Waals surface area contributed by atoms with E-state index in [1.54, 1.807) is 7.11 Å². The van der Waals surface area contributed by atoms with Crippen molar-refractivity contribution in [1.29, 1.82) is 0 Å². The maximum absolute atomic E-state index is 12.7. The molecule has 4 heteroatoms. The number of aryl methyl sites for hydroxylation is 1. The van der Waals surface area contributed by atoms with Gasteiger partial charge in [-0.1, -0.05) is 32.1 Å². The number of thiazole rings is 1. The molecule has 0 spiro atoms. The summed E-state index contributed by atoms with van der Waals surface area (Å²) in [7, 11) is 1.73. The summed E-state index contributed by atoms with van der Waals surface area (Å²) >= 11 is 1.84. The molecule has 5 atom stereocenters. The molecule has 0 amide bonds. The molecule has 1 heterocycles. The smallest absolute Gasteiger partial charge is 0.139 e. The molecule has 0 radical (unpaired) electrons. The van der Waals surface area contributed by atoms with Crippen molar-refractivity contribution in [3.63, 3.8) is 0 Å². The van der Waals surface area contributed by atoms with Gasteiger partial charge in [-0.05, 0) is 79.4 Å². The molecule has 4 aliphatic rings. The molecule has 1 aromatic heterocycles. The Morgan fingerprint density at radius 2 is 1.87 bits per heavy atom. The number of fused-ring (bicyclic) bond motifs is 7. The van der Waals surface area contributed by atoms with Crippen LogP contribution in [0.2, 0.25) is 0 Å². The van der Waals surface area contributed by atoms with Gasteiger partial charge >= 0.3 is 0 Å². The Bertz CT molecular complexity index is 1100. The molecular weight excluding hydrogens is 402 g/mol. The lowest BCUT2D eigenvalue weighted by atomic mass is 9.48. The highest BCUT2D eigenvalue weighted by molar-refractivity contribution is 7.15. The number of methoxy groups -OCH3 is 1. The van der Waals surface area contributed by atoms with Crippen molar-refractivity contribution in [2.75, 3.05) is 7.11 Å². The van der Waals surface area contributed by atoms with Crippen molar-refractivity contribution in [1.82, 2.24) is 4.98 Å². The van der Waals surface area contributed by atoms with Crippen LogP contribution in [0.3, 0.4) is 0 Å². The third-order valence-corrected chi connectivity index (χ3v) is 10.5. The van der Waals surface area contributed by atoms with Crippen molar-refractivity contribution in [3.05, 3.63) is 40.9 Å². The summed E-state index contributed by atoms with van der Waals surface area (Å²) < 4.78 is 5.61. The van der Waals surface area contributed by atoms with Gasteiger partial charge in [-0.2, -0.15) is 0 Å². The number of carbonyl (C=O) groups is 1. The van der Waals surface area contributed by atoms with Crippen LogP contribution in [0.5, 0.6) is 5.75 Å². The van der Waals surface area contributed by atoms with Crippen LogP contribution < -0.4 is 4.74 Å². The summed E-state index contributed by atoms with van der Waals surface area (Å²) in [5, 5.41) is 1.08. The van der Waals surface area contributed by atoms with Crippen molar-refractivity contribution in [3.8, 4) is 16.3 Å². The first-order chi connectivity index (χ1) is 15.0. The fourth-order valence-electron chi connectivity index (χ4n) is 7.59. The van der Waals surface area contributed by atoms with Gasteiger partial charge in [0.05, 0.1) is 18.4 Å². The van der Waals surface area contributed by atoms with Gasteiger partial charge in [0, 0.05) is 16.7 Å². The predicted molar refractivity (Wildman–Crippen MR) is 125 cm³/mol. The van der Waals surface area contributed by atoms with E-state index in [0.717, 1.165) is 48.4 Å². The van der Waals surface area contributed by atoms with E-state index in [0.29, 0.717) is 23.5 Å². The van der Waals surface area contributed by atoms with E-state index in [1.165, 1.54) is 29.0 Å². The molecule has 0 saturated heterocycles. The first-order valence-electron chi connectivity index (χ1n) is 11.8. The summed E-state index contributed by atoms with van der Waals surface area (Å²) in [6.07, 6.45) is 10.1. The van der Waals surface area contributed by atoms with Crippen molar-refractivity contribution in [2.24, 2.45) is 28.6 Å². The third-order valence-electron chi connectivity index (χ3n) is 9.34. The number of para-hydroxylation sites is 1. The van der Waals surface area contributed by atoms with Gasteiger partial charge in [-0.3, -0.25) is 4.79 Å². The Balaban J connectivity index is 1.40. The number of allylic oxidation sites excluding steroid dienone is 2. The largest absolute Gasteiger partial charge is 0.496 e. The molecule has 2 fully saturated rings. The van der Waals surface area contributed by atoms with Gasteiger partial charge in [0.1, 0.15) is 16.5 Å². The van der Waals surface area contributed by atoms with E-state index in [-0.39, 0.29) is 10.8 Å². The monoisotopic (exact) mass is 433 g/mol. The van der Waals surface area contributed by atoms with E-state index >= 15 is 0 Å². The van der Waals surface area contributed by atoms with E-state index in [1.807, 2.05) is 23.5 Å². The lowest BCUT2D eigenvalue weighted by Crippen LogP contribution is -2.49. The molecule has 1 aromatic carbocycles. The number of hydrogen-bond acceptors (Lipinski definition) is 4. The maximum atomic E-state index is 12.7. The maximum Gasteiger partial charge on any atom is 0.139 e. The summed E-state index contributed by atoms with van der Waals surface area (Å²) in [5.74, 6) is 3.34. The normalized spacial score (nSPS) is 36.2. The zero-order valence-corrected chi connectivity index (χ0v) is 19.6. The second-order valence-corrected chi connectivity index (χ2v) is 11.6. The molecule has 0 unspecified atom stereocenters. The minimum atomic E-state index is -0.0552. The number of hydrogen-bond donors (Lipinski definition) is 0. The van der Waals surface area contributed by atoms with Crippen LogP contribution in [0.15, 0.2) is 30.3 Å². The van der Waals surface area contributed by atoms with Gasteiger partial charge in [0.25, 0.3) is 0 Å². The molecule has 6 rings (SSSR count). The zero-order valence-electron chi connectivity index (χ0n) is 18.7. The molecule has 2 aromatic rings. The average Bonchev–Trinajstić information content (AvgIpc) is 3.34. The summed E-state index contributed by atoms with van der Waals surface area (Å²) in [6, 6.07) is 8.22. The van der Waals surface area contributed by atoms with E-state index in [2.05, 4.69) is 32.1 Å². The van der Waals surface area contributed by atoms with Gasteiger partial charge < -0.3 is 4.74 Å². The minimum absolute atomic E-state index is 0.0552. The van der Waals surface area contributed by atoms with Gasteiger partial charge in [0.15, 0.2) is 0 Å². The fourth-order valence-corrected chi connectivity index (χ4v) is 8.70. The van der Waals surface area contributed by atoms with Crippen LogP contribution in [-0.4, -0.2) is 17.9 Å². The lowest BCUT2D eigenvalue weighted by molar-refractivity contribution is -0.131. The highest BCUT2D eigenvalue weighted by Crippen LogP contribution is 2.65. The second kappa shape index (κ2) is 6.78. The molecule has 3 nitrogen and oxygen atoms in total. The first-order valence-corrected chi connectivity index (χ1v) is 12.6. The molecule has 0 aliphatic heterocycles. The lowest BCUT2D eigenvalue weighted by Gasteiger charge is -2.55. The standard InChI is InChI=1S/C27H31NO2S/c1-26-15-13-22-24(28-25(31-22)17-6-4-5-7-21(17)30-3)20(26)9-8-16-18-10-11-23(29)27(18,2)14-12-19(16)26/h4-7,9,16,18-19H,8,10-15H2,1-3H3/t16-,18-,19-,26+,27-/m0/s1. The minimum Gasteiger partial charge on any atom is -0.496 e. The van der Waals surface area contributed by atoms with Crippen molar-refractivity contribution < 1.29 is 9.53 Å². The average molecular weight is 434 g/mol. The summed E-state index contributed by atoms with van der Waals surface area (Å²) in [6.45, 7) is 4.77. The van der Waals surface area contributed by atoms with Crippen LogP contribution in [-0.2, 0) is 11.2 Å². The summed E-state index contributed by atoms with van der Waals surface area (Å²) in [4.78, 5) is 19.3. The zero-order chi connectivity index (χ0) is 21.4. The molecule has 31 heavy (non-hydrogen) atoms. The Morgan fingerprint density at radius 1 is 1.06 bits per heavy atom. The quantitative estimate of drug-likeness (QED) is 0.538. The predicted octanol–water partition coefficient (Wildman–Crippen LogP) is 6.57. The number of carbonyl (C=O) groups excluding carboxylic acids is 1. The SMILES string of the molecule is COc1ccccc1-c1nc2c(s1)CC[C@@]1(C)C2=CC[C@@H]2[C@@H]1CC[C@]1(C)C(=O)CC[C@@H]21. The molecular formula is C27H31NO2S. The van der Waals surface area contributed by atoms with E-state index in [4.69, 9.17) is 9.72 Å². The fraction of sp³-hybridized carbons (Fsp3) is 0.556. The molecule has 0 N–H and O–H groups in total. The van der Waals surface area contributed by atoms with Crippen LogP contribution in [0.4, 0.5) is 0 Å². The number of nitrogens with zero attached hydrogens (tertiary/aromatic N) is 1. The van der Waals surface area contributed by atoms with Crippen molar-refractivity contribution in [2.45, 2.75) is 58.8 Å². The molecule has 4 aliphatic carbocycles. The Kier molecular flexibility index (Phi) is 4.31. The van der Waals surface area contributed by atoms with Crippen LogP contribution in [0.1, 0.15) is 62.9 Å². The molecule has 162 valence electrons. The van der Waals surface area contributed by atoms with Gasteiger partial charge in [0.2, 0.25) is 0 Å². The third kappa shape index (κ3) is 2.63. The number of rotatable bonds is 2. The Morgan fingerprint density at radius 3 is 2.71 bits per heavy atom. The van der Waals surface area contributed by atoms with Crippen molar-refractivity contribution >= 4 is 22.7 Å². The van der Waals surface area contributed by atoms with Crippen LogP contribution in [0, 0.1) is 28.6 Å². The van der Waals surface area contributed by atoms with E-state index < -0.39 is 0 Å². The van der Waals surface area contributed by atoms with Gasteiger partial charge in [-0.15, -0.1) is 11.3 Å². The highest BCUT2D eigenvalue weighted by atomic mass is 32.1. The molecule has 0 bridgehead atoms. The summed E-state index contributed by atoms with van der Waals surface area (Å²) in [5.41, 5.74) is 3.96. The van der Waals surface area contributed by atoms with Crippen LogP contribution >= 0.6 is 11.3 Å². The second-order valence-electron chi connectivity index (χ2n) is 10.6. The number of ether oxygens (including phenoxy) is 1. The van der Waals surface area contributed by atoms with E-state index in [9.17, 15) is 4.79 Å². The van der Waals surface area contributed by atoms with Crippen LogP contribution in [0.25, 0.3) is 16.1 Å².